The van der Waals surface area contributed by atoms with Gasteiger partial charge in [-0.15, -0.1) is 0 Å². The number of nitrogens with two attached hydrogens (primary N) is 1. The maximum Gasteiger partial charge on any atom is 0.330 e. The van der Waals surface area contributed by atoms with Crippen molar-refractivity contribution in [3.05, 3.63) is 54.1 Å². The molecule has 1 aromatic heterocycles. The van der Waals surface area contributed by atoms with Crippen molar-refractivity contribution in [3.8, 4) is 0 Å². The summed E-state index contributed by atoms with van der Waals surface area (Å²) in [5.74, 6) is -0.221. The fraction of sp³-hybridized carbons (Fsp3) is 0.286. The zero-order valence-electron chi connectivity index (χ0n) is 10.8. The van der Waals surface area contributed by atoms with Crippen LogP contribution in [-0.2, 0) is 23.3 Å². The lowest BCUT2D eigenvalue weighted by molar-refractivity contribution is -0.144. The Morgan fingerprint density at radius 2 is 2.11 bits per heavy atom. The van der Waals surface area contributed by atoms with Crippen LogP contribution in [0.4, 0.5) is 0 Å². The lowest BCUT2D eigenvalue weighted by atomic mass is 9.91. The molecule has 0 fully saturated rings. The van der Waals surface area contributed by atoms with Crippen molar-refractivity contribution in [1.82, 2.24) is 9.55 Å². The van der Waals surface area contributed by atoms with E-state index in [1.165, 1.54) is 0 Å². The zero-order chi connectivity index (χ0) is 13.9. The lowest BCUT2D eigenvalue weighted by Crippen LogP contribution is -2.48. The molecule has 19 heavy (non-hydrogen) atoms. The Bertz CT molecular complexity index is 565. The van der Waals surface area contributed by atoms with Crippen LogP contribution in [0.15, 0.2) is 42.7 Å². The van der Waals surface area contributed by atoms with E-state index in [2.05, 4.69) is 4.98 Å². The Morgan fingerprint density at radius 3 is 2.68 bits per heavy atom. The Kier molecular flexibility index (Phi) is 3.66. The summed E-state index contributed by atoms with van der Waals surface area (Å²) in [5.41, 5.74) is 5.26. The van der Waals surface area contributed by atoms with Gasteiger partial charge in [-0.05, 0) is 5.56 Å². The quantitative estimate of drug-likeness (QED) is 0.850. The number of carboxylic acid groups (broad SMARTS) is 1. The average Bonchev–Trinajstić information content (AvgIpc) is 2.86. The number of aromatic nitrogens is 2. The van der Waals surface area contributed by atoms with Gasteiger partial charge < -0.3 is 15.4 Å². The van der Waals surface area contributed by atoms with Gasteiger partial charge in [0.2, 0.25) is 0 Å². The summed E-state index contributed by atoms with van der Waals surface area (Å²) in [6.07, 6.45) is 4.15. The molecule has 1 aromatic carbocycles. The van der Waals surface area contributed by atoms with Gasteiger partial charge >= 0.3 is 5.97 Å². The smallest absolute Gasteiger partial charge is 0.330 e. The number of carbonyl (C=O) groups is 1. The highest BCUT2D eigenvalue weighted by Gasteiger charge is 2.36. The molecule has 2 rings (SSSR count). The summed E-state index contributed by atoms with van der Waals surface area (Å²) in [5, 5.41) is 9.49. The summed E-state index contributed by atoms with van der Waals surface area (Å²) in [6, 6.07) is 8.87. The standard InChI is InChI=1S/C14H17N3O2/c1-2-12-16-8-9-17(12)10-14(15,13(18)19)11-6-4-3-5-7-11/h3-9H,2,10,15H2,1H3,(H,18,19). The molecular weight excluding hydrogens is 242 g/mol. The highest BCUT2D eigenvalue weighted by molar-refractivity contribution is 5.80. The molecule has 5 heteroatoms. The molecular formula is C14H17N3O2. The Hall–Kier alpha value is -2.14. The normalized spacial score (nSPS) is 14.0. The van der Waals surface area contributed by atoms with E-state index in [0.717, 1.165) is 12.2 Å². The van der Waals surface area contributed by atoms with Gasteiger partial charge in [0.05, 0.1) is 6.54 Å². The van der Waals surface area contributed by atoms with Crippen LogP contribution in [0.25, 0.3) is 0 Å². The number of aliphatic carboxylic acids is 1. The lowest BCUT2D eigenvalue weighted by Gasteiger charge is -2.26. The number of rotatable bonds is 5. The van der Waals surface area contributed by atoms with Crippen molar-refractivity contribution in [1.29, 1.82) is 0 Å². The van der Waals surface area contributed by atoms with Crippen LogP contribution in [-0.4, -0.2) is 20.6 Å². The van der Waals surface area contributed by atoms with Crippen LogP contribution in [0.1, 0.15) is 18.3 Å². The Morgan fingerprint density at radius 1 is 1.42 bits per heavy atom. The molecule has 2 aromatic rings. The van der Waals surface area contributed by atoms with E-state index in [1.807, 2.05) is 13.0 Å². The zero-order valence-corrected chi connectivity index (χ0v) is 10.8. The van der Waals surface area contributed by atoms with Crippen molar-refractivity contribution in [2.24, 2.45) is 5.73 Å². The minimum atomic E-state index is -1.45. The van der Waals surface area contributed by atoms with E-state index in [4.69, 9.17) is 5.73 Å². The van der Waals surface area contributed by atoms with Crippen LogP contribution in [0.5, 0.6) is 0 Å². The van der Waals surface area contributed by atoms with E-state index in [0.29, 0.717) is 5.56 Å². The van der Waals surface area contributed by atoms with Gasteiger partial charge in [-0.25, -0.2) is 9.78 Å². The first kappa shape index (κ1) is 13.3. The van der Waals surface area contributed by atoms with Crippen molar-refractivity contribution in [3.63, 3.8) is 0 Å². The third-order valence-corrected chi connectivity index (χ3v) is 3.21. The van der Waals surface area contributed by atoms with Gasteiger partial charge in [-0.1, -0.05) is 37.3 Å². The number of hydrogen-bond acceptors (Lipinski definition) is 3. The second kappa shape index (κ2) is 5.24. The van der Waals surface area contributed by atoms with Crippen LogP contribution < -0.4 is 5.73 Å². The fourth-order valence-corrected chi connectivity index (χ4v) is 2.09. The highest BCUT2D eigenvalue weighted by atomic mass is 16.4. The number of benzene rings is 1. The number of aryl methyl sites for hydroxylation is 1. The van der Waals surface area contributed by atoms with Crippen LogP contribution in [0.2, 0.25) is 0 Å². The molecule has 0 aliphatic rings. The summed E-state index contributed by atoms with van der Waals surface area (Å²) in [7, 11) is 0. The van der Waals surface area contributed by atoms with Gasteiger partial charge in [-0.3, -0.25) is 0 Å². The van der Waals surface area contributed by atoms with Crippen LogP contribution in [0, 0.1) is 0 Å². The van der Waals surface area contributed by atoms with Gasteiger partial charge in [0.25, 0.3) is 0 Å². The minimum absolute atomic E-state index is 0.162. The molecule has 0 amide bonds. The molecule has 0 aliphatic heterocycles. The summed E-state index contributed by atoms with van der Waals surface area (Å²) in [6.45, 7) is 2.13. The van der Waals surface area contributed by atoms with E-state index in [9.17, 15) is 9.90 Å². The van der Waals surface area contributed by atoms with Crippen LogP contribution in [0.3, 0.4) is 0 Å². The summed E-state index contributed by atoms with van der Waals surface area (Å²) in [4.78, 5) is 15.8. The maximum atomic E-state index is 11.6. The number of carboxylic acids is 1. The Labute approximate surface area is 111 Å². The predicted molar refractivity (Wildman–Crippen MR) is 71.5 cm³/mol. The van der Waals surface area contributed by atoms with Gasteiger partial charge in [0.15, 0.2) is 5.54 Å². The first-order valence-corrected chi connectivity index (χ1v) is 6.15. The van der Waals surface area contributed by atoms with Crippen molar-refractivity contribution in [2.45, 2.75) is 25.4 Å². The number of imidazole rings is 1. The number of nitrogens with zero attached hydrogens (tertiary/aromatic N) is 2. The molecule has 0 aliphatic carbocycles. The third kappa shape index (κ3) is 2.51. The third-order valence-electron chi connectivity index (χ3n) is 3.21. The second-order valence-electron chi connectivity index (χ2n) is 4.47. The molecule has 0 saturated heterocycles. The SMILES string of the molecule is CCc1nccn1CC(N)(C(=O)O)c1ccccc1. The summed E-state index contributed by atoms with van der Waals surface area (Å²) >= 11 is 0. The Balaban J connectivity index is 2.39. The predicted octanol–water partition coefficient (Wildman–Crippen LogP) is 1.38. The van der Waals surface area contributed by atoms with Crippen LogP contribution >= 0.6 is 0 Å². The van der Waals surface area contributed by atoms with E-state index in [1.54, 1.807) is 41.2 Å². The molecule has 1 heterocycles. The van der Waals surface area contributed by atoms with Gasteiger partial charge in [0.1, 0.15) is 5.82 Å². The van der Waals surface area contributed by atoms with Gasteiger partial charge in [0, 0.05) is 18.8 Å². The summed E-state index contributed by atoms with van der Waals surface area (Å²) < 4.78 is 1.79. The molecule has 3 N–H and O–H groups in total. The fourth-order valence-electron chi connectivity index (χ4n) is 2.09. The van der Waals surface area contributed by atoms with E-state index in [-0.39, 0.29) is 6.54 Å². The molecule has 5 nitrogen and oxygen atoms in total. The molecule has 1 unspecified atom stereocenters. The van der Waals surface area contributed by atoms with E-state index < -0.39 is 11.5 Å². The first-order valence-electron chi connectivity index (χ1n) is 6.15. The highest BCUT2D eigenvalue weighted by Crippen LogP contribution is 2.21. The second-order valence-corrected chi connectivity index (χ2v) is 4.47. The first-order chi connectivity index (χ1) is 9.08. The van der Waals surface area contributed by atoms with E-state index >= 15 is 0 Å². The van der Waals surface area contributed by atoms with Crippen molar-refractivity contribution < 1.29 is 9.90 Å². The average molecular weight is 259 g/mol. The number of hydrogen-bond donors (Lipinski definition) is 2. The molecule has 1 atom stereocenters. The van der Waals surface area contributed by atoms with Crippen molar-refractivity contribution in [2.75, 3.05) is 0 Å². The largest absolute Gasteiger partial charge is 0.480 e. The molecule has 0 saturated carbocycles. The maximum absolute atomic E-state index is 11.6. The van der Waals surface area contributed by atoms with Crippen molar-refractivity contribution >= 4 is 5.97 Å². The van der Waals surface area contributed by atoms with Gasteiger partial charge in [-0.2, -0.15) is 0 Å². The molecule has 100 valence electrons. The molecule has 0 bridgehead atoms. The topological polar surface area (TPSA) is 81.1 Å². The monoisotopic (exact) mass is 259 g/mol. The minimum Gasteiger partial charge on any atom is -0.480 e. The molecule has 0 spiro atoms. The molecule has 0 radical (unpaired) electrons.